The Bertz CT molecular complexity index is 741. The molecule has 0 saturated heterocycles. The van der Waals surface area contributed by atoms with Crippen molar-refractivity contribution in [2.24, 2.45) is 0 Å². The highest BCUT2D eigenvalue weighted by atomic mass is 32.1. The maximum absolute atomic E-state index is 5.75. The van der Waals surface area contributed by atoms with Crippen LogP contribution in [0.25, 0.3) is 10.2 Å². The molecule has 5 nitrogen and oxygen atoms in total. The van der Waals surface area contributed by atoms with Crippen molar-refractivity contribution >= 4 is 39.0 Å². The van der Waals surface area contributed by atoms with Crippen LogP contribution in [0, 0.1) is 0 Å². The van der Waals surface area contributed by atoms with Gasteiger partial charge in [0.1, 0.15) is 16.4 Å². The van der Waals surface area contributed by atoms with Gasteiger partial charge < -0.3 is 15.8 Å². The lowest BCUT2D eigenvalue weighted by Gasteiger charge is -2.12. The zero-order valence-corrected chi connectivity index (χ0v) is 11.8. The Hall–Kier alpha value is -2.34. The molecule has 0 radical (unpaired) electrons. The first-order chi connectivity index (χ1) is 9.78. The first kappa shape index (κ1) is 12.7. The Kier molecular flexibility index (Phi) is 3.39. The summed E-state index contributed by atoms with van der Waals surface area (Å²) < 4.78 is 5.60. The molecule has 0 spiro atoms. The molecule has 3 aromatic rings. The van der Waals surface area contributed by atoms with Crippen molar-refractivity contribution in [3.05, 3.63) is 35.7 Å². The van der Waals surface area contributed by atoms with E-state index in [9.17, 15) is 0 Å². The number of benzene rings is 1. The van der Waals surface area contributed by atoms with Gasteiger partial charge in [-0.2, -0.15) is 4.98 Å². The fraction of sp³-hybridized carbons (Fsp3) is 0.143. The van der Waals surface area contributed by atoms with Crippen LogP contribution in [0.5, 0.6) is 5.75 Å². The lowest BCUT2D eigenvalue weighted by atomic mass is 10.3. The molecule has 3 rings (SSSR count). The molecule has 2 aromatic heterocycles. The van der Waals surface area contributed by atoms with Gasteiger partial charge in [0.05, 0.1) is 17.7 Å². The van der Waals surface area contributed by atoms with Gasteiger partial charge >= 0.3 is 0 Å². The summed E-state index contributed by atoms with van der Waals surface area (Å²) in [6, 6.07) is 9.72. The minimum atomic E-state index is 0.261. The predicted molar refractivity (Wildman–Crippen MR) is 82.7 cm³/mol. The largest absolute Gasteiger partial charge is 0.492 e. The highest BCUT2D eigenvalue weighted by Crippen LogP contribution is 2.31. The first-order valence-corrected chi connectivity index (χ1v) is 7.15. The van der Waals surface area contributed by atoms with Gasteiger partial charge in [-0.1, -0.05) is 12.1 Å². The molecule has 0 amide bonds. The van der Waals surface area contributed by atoms with Gasteiger partial charge in [-0.05, 0) is 30.5 Å². The fourth-order valence-electron chi connectivity index (χ4n) is 1.95. The van der Waals surface area contributed by atoms with E-state index in [0.29, 0.717) is 12.4 Å². The predicted octanol–water partition coefficient (Wildman–Crippen LogP) is 3.42. The minimum absolute atomic E-state index is 0.261. The van der Waals surface area contributed by atoms with Crippen LogP contribution in [0.3, 0.4) is 0 Å². The van der Waals surface area contributed by atoms with Crippen LogP contribution < -0.4 is 15.8 Å². The van der Waals surface area contributed by atoms with Gasteiger partial charge in [0.2, 0.25) is 5.95 Å². The summed E-state index contributed by atoms with van der Waals surface area (Å²) in [6.45, 7) is 2.56. The van der Waals surface area contributed by atoms with Crippen LogP contribution in [-0.4, -0.2) is 16.6 Å². The van der Waals surface area contributed by atoms with E-state index in [1.165, 1.54) is 11.3 Å². The number of hydrogen-bond donors (Lipinski definition) is 2. The van der Waals surface area contributed by atoms with E-state index in [1.807, 2.05) is 42.6 Å². The Morgan fingerprint density at radius 1 is 1.25 bits per heavy atom. The van der Waals surface area contributed by atoms with E-state index in [4.69, 9.17) is 10.5 Å². The minimum Gasteiger partial charge on any atom is -0.492 e. The van der Waals surface area contributed by atoms with Crippen LogP contribution in [0.4, 0.5) is 17.5 Å². The molecule has 0 aliphatic carbocycles. The summed E-state index contributed by atoms with van der Waals surface area (Å²) in [5.41, 5.74) is 6.61. The lowest BCUT2D eigenvalue weighted by Crippen LogP contribution is -2.02. The number of hydrogen-bond acceptors (Lipinski definition) is 6. The Morgan fingerprint density at radius 2 is 2.10 bits per heavy atom. The molecule has 102 valence electrons. The second-order valence-corrected chi connectivity index (χ2v) is 5.02. The van der Waals surface area contributed by atoms with Crippen LogP contribution >= 0.6 is 11.3 Å². The van der Waals surface area contributed by atoms with E-state index in [0.717, 1.165) is 21.7 Å². The van der Waals surface area contributed by atoms with Gasteiger partial charge in [0.25, 0.3) is 0 Å². The van der Waals surface area contributed by atoms with Crippen molar-refractivity contribution in [1.29, 1.82) is 0 Å². The zero-order chi connectivity index (χ0) is 13.9. The quantitative estimate of drug-likeness (QED) is 0.769. The van der Waals surface area contributed by atoms with Crippen molar-refractivity contribution < 1.29 is 4.74 Å². The molecule has 0 unspecified atom stereocenters. The maximum Gasteiger partial charge on any atom is 0.223 e. The Morgan fingerprint density at radius 3 is 2.95 bits per heavy atom. The number of para-hydroxylation sites is 2. The highest BCUT2D eigenvalue weighted by molar-refractivity contribution is 7.16. The van der Waals surface area contributed by atoms with Gasteiger partial charge in [-0.25, -0.2) is 4.98 Å². The number of thiophene rings is 1. The monoisotopic (exact) mass is 286 g/mol. The van der Waals surface area contributed by atoms with Gasteiger partial charge in [-0.3, -0.25) is 0 Å². The smallest absolute Gasteiger partial charge is 0.223 e. The molecular weight excluding hydrogens is 272 g/mol. The van der Waals surface area contributed by atoms with E-state index >= 15 is 0 Å². The van der Waals surface area contributed by atoms with Gasteiger partial charge in [0, 0.05) is 0 Å². The van der Waals surface area contributed by atoms with E-state index in [-0.39, 0.29) is 5.95 Å². The Labute approximate surface area is 120 Å². The topological polar surface area (TPSA) is 73.1 Å². The number of nitrogens with one attached hydrogen (secondary N) is 1. The molecule has 2 heterocycles. The SMILES string of the molecule is CCOc1ccccc1Nc1nc(N)nc2sccc12. The molecule has 0 aliphatic heterocycles. The molecule has 0 atom stereocenters. The number of fused-ring (bicyclic) bond motifs is 1. The number of nitrogens with zero attached hydrogens (tertiary/aromatic N) is 2. The van der Waals surface area contributed by atoms with E-state index in [2.05, 4.69) is 15.3 Å². The normalized spacial score (nSPS) is 10.7. The maximum atomic E-state index is 5.75. The summed E-state index contributed by atoms with van der Waals surface area (Å²) in [7, 11) is 0. The number of anilines is 3. The zero-order valence-electron chi connectivity index (χ0n) is 11.0. The third kappa shape index (κ3) is 2.37. The van der Waals surface area contributed by atoms with Crippen LogP contribution in [-0.2, 0) is 0 Å². The molecule has 0 aliphatic rings. The number of nitrogen functional groups attached to an aromatic ring is 1. The van der Waals surface area contributed by atoms with Crippen molar-refractivity contribution in [2.75, 3.05) is 17.7 Å². The third-order valence-electron chi connectivity index (χ3n) is 2.78. The van der Waals surface area contributed by atoms with Crippen molar-refractivity contribution in [2.45, 2.75) is 6.92 Å². The van der Waals surface area contributed by atoms with Crippen molar-refractivity contribution in [3.63, 3.8) is 0 Å². The average Bonchev–Trinajstić information content (AvgIpc) is 2.89. The summed E-state index contributed by atoms with van der Waals surface area (Å²) >= 11 is 1.54. The van der Waals surface area contributed by atoms with Crippen LogP contribution in [0.1, 0.15) is 6.92 Å². The third-order valence-corrected chi connectivity index (χ3v) is 3.59. The highest BCUT2D eigenvalue weighted by Gasteiger charge is 2.10. The van der Waals surface area contributed by atoms with E-state index < -0.39 is 0 Å². The standard InChI is InChI=1S/C14H14N4OS/c1-2-19-11-6-4-3-5-10(11)16-12-9-7-8-20-13(9)18-14(15)17-12/h3-8H,2H2,1H3,(H3,15,16,17,18). The molecule has 0 saturated carbocycles. The number of rotatable bonds is 4. The van der Waals surface area contributed by atoms with Crippen molar-refractivity contribution in [3.8, 4) is 5.75 Å². The van der Waals surface area contributed by atoms with Crippen molar-refractivity contribution in [1.82, 2.24) is 9.97 Å². The molecule has 20 heavy (non-hydrogen) atoms. The van der Waals surface area contributed by atoms with E-state index in [1.54, 1.807) is 0 Å². The number of nitrogens with two attached hydrogens (primary N) is 1. The first-order valence-electron chi connectivity index (χ1n) is 6.27. The summed E-state index contributed by atoms with van der Waals surface area (Å²) in [6.07, 6.45) is 0. The van der Waals surface area contributed by atoms with Crippen LogP contribution in [0.15, 0.2) is 35.7 Å². The summed E-state index contributed by atoms with van der Waals surface area (Å²) in [4.78, 5) is 9.36. The molecule has 0 bridgehead atoms. The summed E-state index contributed by atoms with van der Waals surface area (Å²) in [5.74, 6) is 1.74. The molecule has 6 heteroatoms. The fourth-order valence-corrected chi connectivity index (χ4v) is 2.72. The molecule has 0 fully saturated rings. The van der Waals surface area contributed by atoms with Gasteiger partial charge in [0.15, 0.2) is 0 Å². The number of aromatic nitrogens is 2. The molecule has 1 aromatic carbocycles. The second kappa shape index (κ2) is 5.34. The Balaban J connectivity index is 2.03. The number of ether oxygens (including phenoxy) is 1. The van der Waals surface area contributed by atoms with Gasteiger partial charge in [-0.15, -0.1) is 11.3 Å². The van der Waals surface area contributed by atoms with Crippen LogP contribution in [0.2, 0.25) is 0 Å². The summed E-state index contributed by atoms with van der Waals surface area (Å²) in [5, 5.41) is 6.20. The molecular formula is C14H14N4OS. The molecule has 3 N–H and O–H groups in total. The average molecular weight is 286 g/mol. The second-order valence-electron chi connectivity index (χ2n) is 4.12. The lowest BCUT2D eigenvalue weighted by molar-refractivity contribution is 0.342.